The molecule has 628 valence electrons. The van der Waals surface area contributed by atoms with E-state index in [1.54, 1.807) is 0 Å². The van der Waals surface area contributed by atoms with Gasteiger partial charge in [0.15, 0.2) is 0 Å². The molecule has 18 aromatic carbocycles. The molecule has 0 fully saturated rings. The highest BCUT2D eigenvalue weighted by molar-refractivity contribution is 6.29. The number of H-pyrrole nitrogens is 1. The Hall–Kier alpha value is -16.4. The molecule has 9 heteroatoms. The van der Waals surface area contributed by atoms with Crippen molar-refractivity contribution in [1.29, 1.82) is 0 Å². The Kier molecular flexibility index (Phi) is 17.4. The van der Waals surface area contributed by atoms with Crippen LogP contribution in [0.25, 0.3) is 172 Å². The van der Waals surface area contributed by atoms with Gasteiger partial charge in [-0.25, -0.2) is 19.9 Å². The Morgan fingerprint density at radius 2 is 0.632 bits per heavy atom. The molecule has 6 aromatic heterocycles. The number of fused-ring (bicyclic) bond motifs is 22. The van der Waals surface area contributed by atoms with Crippen molar-refractivity contribution in [3.05, 3.63) is 509 Å². The molecular weight excluding hydrogens is 1640 g/mol. The van der Waals surface area contributed by atoms with Crippen LogP contribution in [0.4, 0.5) is 0 Å². The van der Waals surface area contributed by atoms with E-state index >= 15 is 0 Å². The third-order valence-electron chi connectivity index (χ3n) is 29.3. The molecule has 0 atom stereocenters. The van der Waals surface area contributed by atoms with E-state index in [0.717, 1.165) is 72.1 Å². The predicted octanol–water partition coefficient (Wildman–Crippen LogP) is 30.9. The molecule has 28 rings (SSSR count). The number of rotatable bonds is 9. The second-order valence-corrected chi connectivity index (χ2v) is 37.2. The molecule has 1 N–H and O–H groups in total. The summed E-state index contributed by atoms with van der Waals surface area (Å²) in [5.74, 6) is 0.654. The Morgan fingerprint density at radius 1 is 0.248 bits per heavy atom. The lowest BCUT2D eigenvalue weighted by molar-refractivity contribution is 0.660. The predicted molar refractivity (Wildman–Crippen MR) is 549 cm³/mol. The molecule has 0 aliphatic heterocycles. The van der Waals surface area contributed by atoms with Gasteiger partial charge in [0.2, 0.25) is 11.2 Å². The van der Waals surface area contributed by atoms with Gasteiger partial charge in [0.1, 0.15) is 0 Å². The zero-order valence-electron chi connectivity index (χ0n) is 73.6. The highest BCUT2D eigenvalue weighted by atomic mass is 35.5. The number of nitrogens with zero attached hydrogens (tertiary/aromatic N) is 7. The van der Waals surface area contributed by atoms with Gasteiger partial charge in [-0.3, -0.25) is 4.57 Å². The minimum absolute atomic E-state index is 0.0332. The largest absolute Gasteiger partial charge is 0.354 e. The van der Waals surface area contributed by atoms with E-state index < -0.39 is 10.8 Å². The van der Waals surface area contributed by atoms with Gasteiger partial charge in [0.25, 0.3) is 0 Å². The number of benzene rings is 18. The molecule has 8 nitrogen and oxygen atoms in total. The first kappa shape index (κ1) is 77.7. The fourth-order valence-corrected chi connectivity index (χ4v) is 23.4. The van der Waals surface area contributed by atoms with Crippen molar-refractivity contribution >= 4 is 98.8 Å². The van der Waals surface area contributed by atoms with Gasteiger partial charge < -0.3 is 14.1 Å². The zero-order valence-corrected chi connectivity index (χ0v) is 74.3. The van der Waals surface area contributed by atoms with Crippen LogP contribution in [0.2, 0.25) is 5.28 Å². The van der Waals surface area contributed by atoms with Crippen molar-refractivity contribution in [2.24, 2.45) is 0 Å². The molecule has 4 aliphatic carbocycles. The third kappa shape index (κ3) is 11.7. The summed E-state index contributed by atoms with van der Waals surface area (Å²) in [4.78, 5) is 23.5. The van der Waals surface area contributed by atoms with E-state index in [2.05, 4.69) is 469 Å². The summed E-state index contributed by atoms with van der Waals surface area (Å²) in [6.45, 7) is 9.24. The van der Waals surface area contributed by atoms with E-state index in [0.29, 0.717) is 5.95 Å². The normalized spacial score (nSPS) is 14.0. The molecule has 4 aliphatic rings. The molecular formula is C124H85ClN8. The number of aromatic nitrogens is 8. The Labute approximate surface area is 774 Å². The Balaban J connectivity index is 0.000000117. The monoisotopic (exact) mass is 1720 g/mol. The molecule has 0 bridgehead atoms. The van der Waals surface area contributed by atoms with E-state index in [4.69, 9.17) is 21.6 Å². The summed E-state index contributed by atoms with van der Waals surface area (Å²) < 4.78 is 6.97. The van der Waals surface area contributed by atoms with Gasteiger partial charge in [-0.05, 0) is 220 Å². The summed E-state index contributed by atoms with van der Waals surface area (Å²) in [6.07, 6.45) is 4.44. The molecule has 133 heavy (non-hydrogen) atoms. The highest BCUT2D eigenvalue weighted by Gasteiger charge is 2.49. The summed E-state index contributed by atoms with van der Waals surface area (Å²) in [5.41, 5.74) is 39.9. The number of nitrogens with one attached hydrogen (secondary N) is 1. The number of hydrogen-bond acceptors (Lipinski definition) is 4. The first-order valence-corrected chi connectivity index (χ1v) is 46.2. The van der Waals surface area contributed by atoms with Crippen LogP contribution in [0.3, 0.4) is 0 Å². The lowest BCUT2D eigenvalue weighted by Gasteiger charge is -2.34. The maximum atomic E-state index is 6.20. The number of para-hydroxylation sites is 4. The lowest BCUT2D eigenvalue weighted by Crippen LogP contribution is -2.28. The van der Waals surface area contributed by atoms with Crippen molar-refractivity contribution < 1.29 is 0 Å². The first-order valence-electron chi connectivity index (χ1n) is 45.8. The van der Waals surface area contributed by atoms with Crippen LogP contribution in [0.15, 0.2) is 437 Å². The van der Waals surface area contributed by atoms with Crippen molar-refractivity contribution in [2.75, 3.05) is 0 Å². The molecule has 0 amide bonds. The number of aromatic amines is 1. The minimum Gasteiger partial charge on any atom is -0.354 e. The quantitative estimate of drug-likeness (QED) is 0.146. The highest BCUT2D eigenvalue weighted by Crippen LogP contribution is 2.60. The summed E-state index contributed by atoms with van der Waals surface area (Å²) in [7, 11) is 0. The zero-order chi connectivity index (χ0) is 88.6. The van der Waals surface area contributed by atoms with Crippen LogP contribution in [-0.2, 0) is 21.7 Å². The van der Waals surface area contributed by atoms with Crippen LogP contribution in [0.1, 0.15) is 94.5 Å². The maximum absolute atomic E-state index is 6.20. The van der Waals surface area contributed by atoms with Crippen LogP contribution in [-0.4, -0.2) is 38.6 Å². The lowest BCUT2D eigenvalue weighted by atomic mass is 9.67. The fraction of sp³-hybridized carbons (Fsp3) is 0.0645. The summed E-state index contributed by atoms with van der Waals surface area (Å²) in [6, 6.07) is 154. The van der Waals surface area contributed by atoms with Gasteiger partial charge >= 0.3 is 0 Å². The molecule has 0 radical (unpaired) electrons. The van der Waals surface area contributed by atoms with E-state index in [1.165, 1.54) is 160 Å². The molecule has 24 aromatic rings. The fourth-order valence-electron chi connectivity index (χ4n) is 23.3. The SMILES string of the molecule is CC1(C)c2ccccc2-c2ccc(-c3nc(-n4c5ccccc5c5cc6ccn(-c7ccc8c(c7)C(c7ccccc7)(c7ccccc7)c7ccccc7-8)c6cc54)nc4ccccc34)cc21.CC1(C)c2ccccc2-c2ccc(-c3nc(Cl)nc4ccccc34)cc21.c1ccc(C2(c3ccccc3)c3ccccc3-c3ccc(-n4ccc5cc6c(cc54)[nH]c4ccccc46)cc32)cc1. The third-order valence-corrected chi connectivity index (χ3v) is 29.5. The van der Waals surface area contributed by atoms with Gasteiger partial charge in [0.05, 0.1) is 55.3 Å². The first-order chi connectivity index (χ1) is 65.4. The Morgan fingerprint density at radius 3 is 1.14 bits per heavy atom. The van der Waals surface area contributed by atoms with Crippen LogP contribution in [0.5, 0.6) is 0 Å². The number of halogens is 1. The van der Waals surface area contributed by atoms with Crippen molar-refractivity contribution in [3.63, 3.8) is 0 Å². The van der Waals surface area contributed by atoms with Crippen molar-refractivity contribution in [1.82, 2.24) is 38.6 Å². The molecule has 0 unspecified atom stereocenters. The minimum atomic E-state index is -0.489. The van der Waals surface area contributed by atoms with E-state index in [-0.39, 0.29) is 16.1 Å². The van der Waals surface area contributed by atoms with Crippen molar-refractivity contribution in [2.45, 2.75) is 49.4 Å². The van der Waals surface area contributed by atoms with Crippen LogP contribution < -0.4 is 0 Å². The van der Waals surface area contributed by atoms with Gasteiger partial charge in [-0.1, -0.05) is 355 Å². The van der Waals surface area contributed by atoms with Crippen molar-refractivity contribution in [3.8, 4) is 84.3 Å². The molecule has 0 saturated heterocycles. The van der Waals surface area contributed by atoms with Gasteiger partial charge in [0, 0.05) is 99.8 Å². The smallest absolute Gasteiger partial charge is 0.235 e. The average molecular weight is 1720 g/mol. The molecule has 0 spiro atoms. The van der Waals surface area contributed by atoms with Crippen LogP contribution >= 0.6 is 11.6 Å². The maximum Gasteiger partial charge on any atom is 0.235 e. The Bertz CT molecular complexity index is 8840. The molecule has 0 saturated carbocycles. The topological polar surface area (TPSA) is 82.1 Å². The summed E-state index contributed by atoms with van der Waals surface area (Å²) in [5, 5.41) is 9.62. The van der Waals surface area contributed by atoms with Gasteiger partial charge in [-0.2, -0.15) is 0 Å². The second-order valence-electron chi connectivity index (χ2n) is 36.9. The second kappa shape index (κ2) is 29.8. The average Bonchev–Trinajstić information content (AvgIpc) is 1.54. The van der Waals surface area contributed by atoms with Crippen LogP contribution in [0, 0.1) is 0 Å². The molecule has 6 heterocycles. The van der Waals surface area contributed by atoms with E-state index in [1.807, 2.05) is 24.3 Å². The standard InChI is InChI=1S/C62H42N4.C39H26N2.C23H17ClN2/c1-61(2)51-25-13-9-21-44(51)46-31-29-40(36-53(46)61)59-49-24-11-15-27-55(49)63-60(64-59)66-56-28-16-12-23-48(56)50-35-39-33-34-65(57(39)38-58(50)66)43-30-32-47-45-22-10-14-26-52(45)62(54(47)37-43,41-17-5-3-6-18-41)42-19-7-4-8-20-42;1-3-11-27(12-4-1)39(28-13-5-2-6-14-28)34-17-9-7-15-30(34)31-20-19-29(24-35(31)39)41-22-21-26-23-33-32-16-8-10-18-36(32)40-37(33)25-38(26)41;1-23(2)18-9-5-3-7-15(18)16-12-11-14(13-19(16)23)21-17-8-4-6-10-20(17)25-22(24)26-21/h3-38H,1-2H3;1-25,40H;3-13H,1-2H3. The summed E-state index contributed by atoms with van der Waals surface area (Å²) >= 11 is 6.20. The van der Waals surface area contributed by atoms with Gasteiger partial charge in [-0.15, -0.1) is 0 Å². The number of hydrogen-bond donors (Lipinski definition) is 1. The van der Waals surface area contributed by atoms with E-state index in [9.17, 15) is 0 Å².